The molecule has 2 aliphatic heterocycles. The fourth-order valence-corrected chi connectivity index (χ4v) is 7.06. The molecule has 0 saturated carbocycles. The van der Waals surface area contributed by atoms with E-state index in [1.807, 2.05) is 41.6 Å². The highest BCUT2D eigenvalue weighted by Crippen LogP contribution is 2.40. The number of rotatable bonds is 7. The van der Waals surface area contributed by atoms with Gasteiger partial charge in [-0.3, -0.25) is 9.78 Å². The van der Waals surface area contributed by atoms with Crippen LogP contribution in [0, 0.1) is 23.7 Å². The number of ether oxygens (including phenoxy) is 1. The molecule has 4 aromatic rings. The fourth-order valence-electron chi connectivity index (χ4n) is 6.15. The van der Waals surface area contributed by atoms with Crippen LogP contribution in [0.2, 0.25) is 0 Å². The largest absolute Gasteiger partial charge is 0.475 e. The van der Waals surface area contributed by atoms with Crippen LogP contribution >= 0.6 is 11.3 Å². The standard InChI is InChI=1S/C32H30FN7O2S/c1-4-26(41)40-13-12-39(18-22(40)16-35-2)30-24(15-34)32(42-19-21-8-6-11-38(21)3)37-29-25(30)17-36-28(27(29)33)23-9-5-7-20-10-14-43-31(20)23/h4-5,7,9-10,14,17,21-22H,1,6,8,11-13,16,18-19H2,3H3/t21-,22-/m0/s1. The first kappa shape index (κ1) is 28.5. The molecule has 5 heterocycles. The zero-order valence-electron chi connectivity index (χ0n) is 23.8. The fraction of sp³-hybridized carbons (Fsp3) is 0.344. The van der Waals surface area contributed by atoms with E-state index in [9.17, 15) is 10.1 Å². The van der Waals surface area contributed by atoms with E-state index < -0.39 is 11.9 Å². The van der Waals surface area contributed by atoms with Crippen LogP contribution in [-0.2, 0) is 4.79 Å². The van der Waals surface area contributed by atoms with Gasteiger partial charge in [-0.1, -0.05) is 24.8 Å². The lowest BCUT2D eigenvalue weighted by Gasteiger charge is -2.40. The molecule has 11 heteroatoms. The number of benzene rings is 1. The molecule has 9 nitrogen and oxygen atoms in total. The third-order valence-corrected chi connectivity index (χ3v) is 9.36. The molecule has 0 spiro atoms. The Kier molecular flexibility index (Phi) is 7.94. The molecule has 0 unspecified atom stereocenters. The minimum atomic E-state index is -0.592. The van der Waals surface area contributed by atoms with Gasteiger partial charge in [0.2, 0.25) is 18.3 Å². The van der Waals surface area contributed by atoms with Gasteiger partial charge in [0.15, 0.2) is 5.82 Å². The number of carbonyl (C=O) groups is 1. The van der Waals surface area contributed by atoms with Crippen molar-refractivity contribution in [3.8, 4) is 23.2 Å². The summed E-state index contributed by atoms with van der Waals surface area (Å²) in [4.78, 5) is 31.1. The normalized spacial score (nSPS) is 19.0. The van der Waals surface area contributed by atoms with Crippen molar-refractivity contribution in [2.75, 3.05) is 51.3 Å². The maximum atomic E-state index is 16.6. The molecule has 218 valence electrons. The van der Waals surface area contributed by atoms with Crippen molar-refractivity contribution in [3.05, 3.63) is 71.3 Å². The summed E-state index contributed by atoms with van der Waals surface area (Å²) in [5.41, 5.74) is 1.55. The maximum absolute atomic E-state index is 16.6. The number of anilines is 1. The van der Waals surface area contributed by atoms with E-state index in [2.05, 4.69) is 32.4 Å². The zero-order chi connectivity index (χ0) is 30.1. The van der Waals surface area contributed by atoms with Gasteiger partial charge < -0.3 is 24.3 Å². The van der Waals surface area contributed by atoms with Crippen LogP contribution in [0.1, 0.15) is 18.4 Å². The first-order valence-electron chi connectivity index (χ1n) is 14.2. The smallest absolute Gasteiger partial charge is 0.246 e. The average molecular weight is 596 g/mol. The molecule has 2 saturated heterocycles. The summed E-state index contributed by atoms with van der Waals surface area (Å²) in [5, 5.41) is 13.8. The second-order valence-corrected chi connectivity index (χ2v) is 11.8. The molecule has 2 atom stereocenters. The number of hydrogen-bond donors (Lipinski definition) is 0. The minimum absolute atomic E-state index is 0.0636. The highest BCUT2D eigenvalue weighted by atomic mass is 32.1. The van der Waals surface area contributed by atoms with Crippen molar-refractivity contribution in [1.82, 2.24) is 19.8 Å². The number of thiophene rings is 1. The molecule has 0 aliphatic carbocycles. The van der Waals surface area contributed by atoms with E-state index in [-0.39, 0.29) is 47.7 Å². The SMILES string of the molecule is [C-]#[N+]C[C@H]1CN(c2c(C#N)c(OC[C@@H]3CCCN3C)nc3c(F)c(-c4cccc5ccsc45)ncc23)CCN1C(=O)C=C. The number of carbonyl (C=O) groups excluding carboxylic acids is 1. The Hall–Kier alpha value is -4.58. The number of halogens is 1. The second-order valence-electron chi connectivity index (χ2n) is 10.8. The van der Waals surface area contributed by atoms with Crippen molar-refractivity contribution < 1.29 is 13.9 Å². The summed E-state index contributed by atoms with van der Waals surface area (Å²) in [7, 11) is 2.04. The van der Waals surface area contributed by atoms with Crippen molar-refractivity contribution in [3.63, 3.8) is 0 Å². The summed E-state index contributed by atoms with van der Waals surface area (Å²) in [6.07, 6.45) is 4.84. The molecule has 2 fully saturated rings. The number of nitriles is 1. The van der Waals surface area contributed by atoms with Crippen LogP contribution in [0.15, 0.2) is 48.5 Å². The number of pyridine rings is 2. The minimum Gasteiger partial charge on any atom is -0.475 e. The van der Waals surface area contributed by atoms with Crippen molar-refractivity contribution in [2.45, 2.75) is 24.9 Å². The first-order chi connectivity index (χ1) is 20.9. The number of likely N-dealkylation sites (tertiary alicyclic amines) is 1. The van der Waals surface area contributed by atoms with Gasteiger partial charge in [-0.15, -0.1) is 11.3 Å². The Morgan fingerprint density at radius 1 is 1.33 bits per heavy atom. The molecular weight excluding hydrogens is 565 g/mol. The predicted octanol–water partition coefficient (Wildman–Crippen LogP) is 5.12. The van der Waals surface area contributed by atoms with Gasteiger partial charge in [0.1, 0.15) is 35.5 Å². The second kappa shape index (κ2) is 12.0. The summed E-state index contributed by atoms with van der Waals surface area (Å²) in [6, 6.07) is 9.69. The Balaban J connectivity index is 1.50. The van der Waals surface area contributed by atoms with E-state index >= 15 is 4.39 Å². The van der Waals surface area contributed by atoms with E-state index in [0.29, 0.717) is 36.3 Å². The Morgan fingerprint density at radius 3 is 2.93 bits per heavy atom. The van der Waals surface area contributed by atoms with E-state index in [4.69, 9.17) is 11.3 Å². The van der Waals surface area contributed by atoms with E-state index in [0.717, 1.165) is 29.5 Å². The molecule has 1 amide bonds. The lowest BCUT2D eigenvalue weighted by atomic mass is 10.0. The van der Waals surface area contributed by atoms with Crippen LogP contribution in [-0.4, -0.2) is 84.1 Å². The molecule has 43 heavy (non-hydrogen) atoms. The van der Waals surface area contributed by atoms with Crippen molar-refractivity contribution >= 4 is 43.9 Å². The Bertz CT molecular complexity index is 1810. The van der Waals surface area contributed by atoms with E-state index in [1.165, 1.54) is 17.4 Å². The lowest BCUT2D eigenvalue weighted by Crippen LogP contribution is -2.56. The highest BCUT2D eigenvalue weighted by Gasteiger charge is 2.35. The number of hydrogen-bond acceptors (Lipinski definition) is 8. The molecule has 2 aliphatic rings. The number of amides is 1. The van der Waals surface area contributed by atoms with Crippen LogP contribution in [0.25, 0.3) is 37.1 Å². The maximum Gasteiger partial charge on any atom is 0.246 e. The first-order valence-corrected chi connectivity index (χ1v) is 15.1. The predicted molar refractivity (Wildman–Crippen MR) is 166 cm³/mol. The van der Waals surface area contributed by atoms with Crippen molar-refractivity contribution in [1.29, 1.82) is 5.26 Å². The van der Waals surface area contributed by atoms with Crippen LogP contribution in [0.4, 0.5) is 10.1 Å². The molecule has 3 aromatic heterocycles. The molecule has 0 bridgehead atoms. The monoisotopic (exact) mass is 595 g/mol. The lowest BCUT2D eigenvalue weighted by molar-refractivity contribution is -0.128. The number of aromatic nitrogens is 2. The number of fused-ring (bicyclic) bond motifs is 2. The summed E-state index contributed by atoms with van der Waals surface area (Å²) >= 11 is 1.52. The van der Waals surface area contributed by atoms with Gasteiger partial charge in [-0.25, -0.2) is 15.9 Å². The van der Waals surface area contributed by atoms with Gasteiger partial charge >= 0.3 is 0 Å². The summed E-state index contributed by atoms with van der Waals surface area (Å²) < 4.78 is 23.7. The van der Waals surface area contributed by atoms with Gasteiger partial charge in [-0.2, -0.15) is 5.26 Å². The molecule has 1 aromatic carbocycles. The zero-order valence-corrected chi connectivity index (χ0v) is 24.6. The van der Waals surface area contributed by atoms with Gasteiger partial charge in [-0.05, 0) is 49.3 Å². The third-order valence-electron chi connectivity index (χ3n) is 8.40. The molecule has 0 N–H and O–H groups in total. The molecule has 6 rings (SSSR count). The quantitative estimate of drug-likeness (QED) is 0.217. The number of piperazine rings is 1. The van der Waals surface area contributed by atoms with Gasteiger partial charge in [0.25, 0.3) is 0 Å². The Morgan fingerprint density at radius 2 is 2.19 bits per heavy atom. The van der Waals surface area contributed by atoms with Gasteiger partial charge in [0.05, 0.1) is 5.69 Å². The van der Waals surface area contributed by atoms with Crippen LogP contribution in [0.3, 0.4) is 0 Å². The summed E-state index contributed by atoms with van der Waals surface area (Å²) in [6.45, 7) is 13.4. The van der Waals surface area contributed by atoms with Crippen LogP contribution in [0.5, 0.6) is 5.88 Å². The van der Waals surface area contributed by atoms with Gasteiger partial charge in [0, 0.05) is 47.5 Å². The Labute approximate surface area is 253 Å². The topological polar surface area (TPSA) is 90.0 Å². The highest BCUT2D eigenvalue weighted by molar-refractivity contribution is 7.17. The van der Waals surface area contributed by atoms with Crippen LogP contribution < -0.4 is 9.64 Å². The molecular formula is C32H30FN7O2S. The average Bonchev–Trinajstić information content (AvgIpc) is 3.68. The van der Waals surface area contributed by atoms with Crippen molar-refractivity contribution in [2.24, 2.45) is 0 Å². The summed E-state index contributed by atoms with van der Waals surface area (Å²) in [5.74, 6) is -0.773. The number of nitrogens with zero attached hydrogens (tertiary/aromatic N) is 7. The van der Waals surface area contributed by atoms with E-state index in [1.54, 1.807) is 11.1 Å². The molecule has 0 radical (unpaired) electrons. The number of likely N-dealkylation sites (N-methyl/N-ethyl adjacent to an activating group) is 1. The third kappa shape index (κ3) is 5.16.